The molecular formula is C12H16N4O. The van der Waals surface area contributed by atoms with Gasteiger partial charge in [-0.2, -0.15) is 4.98 Å². The zero-order valence-corrected chi connectivity index (χ0v) is 9.84. The highest BCUT2D eigenvalue weighted by molar-refractivity contribution is 5.13. The Morgan fingerprint density at radius 1 is 1.47 bits per heavy atom. The lowest BCUT2D eigenvalue weighted by Gasteiger charge is -2.02. The van der Waals surface area contributed by atoms with Crippen molar-refractivity contribution in [3.63, 3.8) is 0 Å². The van der Waals surface area contributed by atoms with Crippen LogP contribution in [0.15, 0.2) is 29.0 Å². The van der Waals surface area contributed by atoms with E-state index >= 15 is 0 Å². The molecule has 1 unspecified atom stereocenters. The first kappa shape index (κ1) is 11.7. The molecular weight excluding hydrogens is 216 g/mol. The molecule has 0 bridgehead atoms. The van der Waals surface area contributed by atoms with Gasteiger partial charge < -0.3 is 10.3 Å². The molecule has 0 saturated heterocycles. The standard InChI is InChI=1S/C12H16N4O/c1-2-4-10(13)12-15-11(16-17-12)7-9-5-3-6-14-8-9/h3,5-6,8,10H,2,4,7,13H2,1H3. The molecule has 0 spiro atoms. The van der Waals surface area contributed by atoms with Crippen molar-refractivity contribution >= 4 is 0 Å². The van der Waals surface area contributed by atoms with E-state index < -0.39 is 0 Å². The van der Waals surface area contributed by atoms with Crippen molar-refractivity contribution in [1.29, 1.82) is 0 Å². The summed E-state index contributed by atoms with van der Waals surface area (Å²) in [5, 5.41) is 3.92. The number of nitrogens with two attached hydrogens (primary N) is 1. The van der Waals surface area contributed by atoms with Crippen LogP contribution in [0.2, 0.25) is 0 Å². The molecule has 5 heteroatoms. The van der Waals surface area contributed by atoms with Crippen LogP contribution in [0.25, 0.3) is 0 Å². The van der Waals surface area contributed by atoms with Crippen molar-refractivity contribution < 1.29 is 4.52 Å². The maximum Gasteiger partial charge on any atom is 0.243 e. The van der Waals surface area contributed by atoms with E-state index in [0.29, 0.717) is 18.1 Å². The van der Waals surface area contributed by atoms with E-state index in [4.69, 9.17) is 10.3 Å². The molecule has 0 saturated carbocycles. The molecule has 17 heavy (non-hydrogen) atoms. The number of hydrogen-bond acceptors (Lipinski definition) is 5. The Morgan fingerprint density at radius 2 is 2.35 bits per heavy atom. The fourth-order valence-corrected chi connectivity index (χ4v) is 1.61. The fraction of sp³-hybridized carbons (Fsp3) is 0.417. The van der Waals surface area contributed by atoms with Crippen LogP contribution in [0.5, 0.6) is 0 Å². The lowest BCUT2D eigenvalue weighted by molar-refractivity contribution is 0.345. The van der Waals surface area contributed by atoms with Crippen LogP contribution in [0.1, 0.15) is 43.1 Å². The van der Waals surface area contributed by atoms with Crippen LogP contribution in [0, 0.1) is 0 Å². The van der Waals surface area contributed by atoms with Gasteiger partial charge in [-0.05, 0) is 18.1 Å². The molecule has 90 valence electrons. The number of nitrogens with zero attached hydrogens (tertiary/aromatic N) is 3. The Hall–Kier alpha value is -1.75. The van der Waals surface area contributed by atoms with Crippen molar-refractivity contribution in [3.8, 4) is 0 Å². The van der Waals surface area contributed by atoms with Gasteiger partial charge >= 0.3 is 0 Å². The van der Waals surface area contributed by atoms with Gasteiger partial charge in [0.1, 0.15) is 0 Å². The third-order valence-electron chi connectivity index (χ3n) is 2.49. The van der Waals surface area contributed by atoms with E-state index in [9.17, 15) is 0 Å². The Balaban J connectivity index is 2.04. The minimum Gasteiger partial charge on any atom is -0.338 e. The average molecular weight is 232 g/mol. The smallest absolute Gasteiger partial charge is 0.243 e. The summed E-state index contributed by atoms with van der Waals surface area (Å²) in [7, 11) is 0. The molecule has 0 amide bonds. The largest absolute Gasteiger partial charge is 0.338 e. The third-order valence-corrected chi connectivity index (χ3v) is 2.49. The third kappa shape index (κ3) is 3.10. The van der Waals surface area contributed by atoms with Gasteiger partial charge in [-0.25, -0.2) is 0 Å². The average Bonchev–Trinajstić information content (AvgIpc) is 2.79. The molecule has 0 aliphatic rings. The second-order valence-corrected chi connectivity index (χ2v) is 3.98. The van der Waals surface area contributed by atoms with Gasteiger partial charge in [0.2, 0.25) is 5.89 Å². The van der Waals surface area contributed by atoms with Crippen LogP contribution in [-0.2, 0) is 6.42 Å². The summed E-state index contributed by atoms with van der Waals surface area (Å²) in [6, 6.07) is 3.71. The molecule has 0 aliphatic heterocycles. The molecule has 0 aromatic carbocycles. The maximum atomic E-state index is 5.90. The molecule has 0 aliphatic carbocycles. The van der Waals surface area contributed by atoms with Gasteiger partial charge in [-0.3, -0.25) is 4.98 Å². The van der Waals surface area contributed by atoms with Crippen LogP contribution in [0.4, 0.5) is 0 Å². The van der Waals surface area contributed by atoms with Gasteiger partial charge in [0.25, 0.3) is 0 Å². The first-order chi connectivity index (χ1) is 8.29. The highest BCUT2D eigenvalue weighted by Crippen LogP contribution is 2.14. The Labute approximate surface area is 100 Å². The van der Waals surface area contributed by atoms with Gasteiger partial charge in [0.15, 0.2) is 5.82 Å². The summed E-state index contributed by atoms with van der Waals surface area (Å²) >= 11 is 0. The Kier molecular flexibility index (Phi) is 3.82. The predicted molar refractivity (Wildman–Crippen MR) is 63.2 cm³/mol. The highest BCUT2D eigenvalue weighted by Gasteiger charge is 2.13. The molecule has 2 N–H and O–H groups in total. The van der Waals surface area contributed by atoms with E-state index in [0.717, 1.165) is 18.4 Å². The van der Waals surface area contributed by atoms with E-state index in [1.54, 1.807) is 12.4 Å². The van der Waals surface area contributed by atoms with Gasteiger partial charge in [0.05, 0.1) is 6.04 Å². The molecule has 2 aromatic heterocycles. The first-order valence-electron chi connectivity index (χ1n) is 5.76. The van der Waals surface area contributed by atoms with Crippen molar-refractivity contribution in [2.24, 2.45) is 5.73 Å². The molecule has 0 radical (unpaired) electrons. The minimum absolute atomic E-state index is 0.157. The van der Waals surface area contributed by atoms with Crippen molar-refractivity contribution in [3.05, 3.63) is 41.8 Å². The van der Waals surface area contributed by atoms with Crippen molar-refractivity contribution in [2.45, 2.75) is 32.2 Å². The summed E-state index contributed by atoms with van der Waals surface area (Å²) < 4.78 is 5.14. The second-order valence-electron chi connectivity index (χ2n) is 3.98. The number of pyridine rings is 1. The SMILES string of the molecule is CCCC(N)c1nc(Cc2cccnc2)no1. The normalized spacial score (nSPS) is 12.6. The zero-order chi connectivity index (χ0) is 12.1. The Bertz CT molecular complexity index is 455. The molecule has 2 rings (SSSR count). The molecule has 1 atom stereocenters. The maximum absolute atomic E-state index is 5.90. The fourth-order valence-electron chi connectivity index (χ4n) is 1.61. The molecule has 2 heterocycles. The predicted octanol–water partition coefficient (Wildman–Crippen LogP) is 1.86. The monoisotopic (exact) mass is 232 g/mol. The van der Waals surface area contributed by atoms with E-state index in [-0.39, 0.29) is 6.04 Å². The van der Waals surface area contributed by atoms with Crippen molar-refractivity contribution in [1.82, 2.24) is 15.1 Å². The minimum atomic E-state index is -0.157. The summed E-state index contributed by atoms with van der Waals surface area (Å²) in [6.07, 6.45) is 6.01. The Morgan fingerprint density at radius 3 is 3.06 bits per heavy atom. The van der Waals surface area contributed by atoms with Crippen molar-refractivity contribution in [2.75, 3.05) is 0 Å². The topological polar surface area (TPSA) is 77.8 Å². The quantitative estimate of drug-likeness (QED) is 0.851. The molecule has 5 nitrogen and oxygen atoms in total. The number of aromatic nitrogens is 3. The van der Waals surface area contributed by atoms with Crippen LogP contribution in [0.3, 0.4) is 0 Å². The van der Waals surface area contributed by atoms with E-state index in [1.807, 2.05) is 12.1 Å². The van der Waals surface area contributed by atoms with Crippen LogP contribution >= 0.6 is 0 Å². The number of hydrogen-bond donors (Lipinski definition) is 1. The molecule has 2 aromatic rings. The van der Waals surface area contributed by atoms with Gasteiger partial charge in [0, 0.05) is 18.8 Å². The van der Waals surface area contributed by atoms with Crippen LogP contribution in [-0.4, -0.2) is 15.1 Å². The zero-order valence-electron chi connectivity index (χ0n) is 9.84. The summed E-state index contributed by atoms with van der Waals surface area (Å²) in [5.41, 5.74) is 6.96. The summed E-state index contributed by atoms with van der Waals surface area (Å²) in [6.45, 7) is 2.08. The van der Waals surface area contributed by atoms with E-state index in [2.05, 4.69) is 22.0 Å². The molecule has 0 fully saturated rings. The van der Waals surface area contributed by atoms with Gasteiger partial charge in [-0.1, -0.05) is 24.6 Å². The lowest BCUT2D eigenvalue weighted by Crippen LogP contribution is -2.10. The lowest BCUT2D eigenvalue weighted by atomic mass is 10.2. The van der Waals surface area contributed by atoms with Gasteiger partial charge in [-0.15, -0.1) is 0 Å². The first-order valence-corrected chi connectivity index (χ1v) is 5.76. The van der Waals surface area contributed by atoms with Crippen LogP contribution < -0.4 is 5.73 Å². The van der Waals surface area contributed by atoms with E-state index in [1.165, 1.54) is 0 Å². The second kappa shape index (κ2) is 5.54. The highest BCUT2D eigenvalue weighted by atomic mass is 16.5. The summed E-state index contributed by atoms with van der Waals surface area (Å²) in [4.78, 5) is 8.33. The number of rotatable bonds is 5. The summed E-state index contributed by atoms with van der Waals surface area (Å²) in [5.74, 6) is 1.17.